The molecule has 0 spiro atoms. The molecule has 0 N–H and O–H groups in total. The van der Waals surface area contributed by atoms with Gasteiger partial charge in [-0.1, -0.05) is 79.1 Å². The van der Waals surface area contributed by atoms with Crippen LogP contribution in [0.4, 0.5) is 0 Å². The van der Waals surface area contributed by atoms with Crippen molar-refractivity contribution in [3.8, 4) is 0 Å². The fraction of sp³-hybridized carbons (Fsp3) is 0.917. The maximum Gasteiger partial charge on any atom is 0.223 e. The Hall–Kier alpha value is -1.06. The molecule has 0 fully saturated rings. The van der Waals surface area contributed by atoms with Crippen molar-refractivity contribution in [1.82, 2.24) is 9.80 Å². The van der Waals surface area contributed by atoms with Crippen LogP contribution in [0.3, 0.4) is 0 Å². The van der Waals surface area contributed by atoms with Crippen LogP contribution in [0.5, 0.6) is 0 Å². The van der Waals surface area contributed by atoms with E-state index in [-0.39, 0.29) is 11.8 Å². The van der Waals surface area contributed by atoms with E-state index in [1.807, 2.05) is 9.80 Å². The largest absolute Gasteiger partial charge is 0.343 e. The van der Waals surface area contributed by atoms with E-state index in [0.717, 1.165) is 51.9 Å². The molecule has 2 amide bonds. The Kier molecular flexibility index (Phi) is 18.5. The Labute approximate surface area is 175 Å². The van der Waals surface area contributed by atoms with Gasteiger partial charge >= 0.3 is 0 Å². The molecular formula is C24H48N2O2. The standard InChI is InChI=1S/C24H48N2O2/c1-5-9-13-19-25(20-14-10-6-2)23(27)17-18-24(28)26(21-15-11-7-3)22-16-12-8-4/h5-22H2,1-4H3. The Morgan fingerprint density at radius 1 is 0.464 bits per heavy atom. The topological polar surface area (TPSA) is 40.6 Å². The molecule has 0 aliphatic rings. The molecule has 0 aliphatic carbocycles. The predicted molar refractivity (Wildman–Crippen MR) is 120 cm³/mol. The van der Waals surface area contributed by atoms with Gasteiger partial charge in [-0.2, -0.15) is 0 Å². The van der Waals surface area contributed by atoms with Crippen LogP contribution in [-0.2, 0) is 9.59 Å². The SMILES string of the molecule is CCCCCN(CCCCC)C(=O)CCC(=O)N(CCCCC)CCCCC. The van der Waals surface area contributed by atoms with Gasteiger partial charge in [0.15, 0.2) is 0 Å². The fourth-order valence-electron chi connectivity index (χ4n) is 3.46. The minimum atomic E-state index is 0.169. The van der Waals surface area contributed by atoms with Gasteiger partial charge in [0, 0.05) is 39.0 Å². The molecule has 28 heavy (non-hydrogen) atoms. The van der Waals surface area contributed by atoms with Crippen LogP contribution < -0.4 is 0 Å². The molecule has 0 aromatic rings. The maximum atomic E-state index is 12.7. The first kappa shape index (κ1) is 26.9. The summed E-state index contributed by atoms with van der Waals surface area (Å²) in [5, 5.41) is 0. The van der Waals surface area contributed by atoms with Crippen molar-refractivity contribution < 1.29 is 9.59 Å². The van der Waals surface area contributed by atoms with Crippen molar-refractivity contribution in [2.24, 2.45) is 0 Å². The zero-order chi connectivity index (χ0) is 21.0. The van der Waals surface area contributed by atoms with E-state index in [0.29, 0.717) is 12.8 Å². The zero-order valence-electron chi connectivity index (χ0n) is 19.4. The summed E-state index contributed by atoms with van der Waals surface area (Å²) in [6, 6.07) is 0. The molecule has 0 rings (SSSR count). The van der Waals surface area contributed by atoms with E-state index >= 15 is 0 Å². The minimum absolute atomic E-state index is 0.169. The minimum Gasteiger partial charge on any atom is -0.343 e. The smallest absolute Gasteiger partial charge is 0.223 e. The van der Waals surface area contributed by atoms with Crippen LogP contribution in [-0.4, -0.2) is 47.8 Å². The summed E-state index contributed by atoms with van der Waals surface area (Å²) in [6.45, 7) is 12.1. The van der Waals surface area contributed by atoms with Gasteiger partial charge in [-0.15, -0.1) is 0 Å². The molecule has 0 atom stereocenters. The van der Waals surface area contributed by atoms with Crippen molar-refractivity contribution >= 4 is 11.8 Å². The predicted octanol–water partition coefficient (Wildman–Crippen LogP) is 6.18. The highest BCUT2D eigenvalue weighted by molar-refractivity contribution is 5.83. The second-order valence-electron chi connectivity index (χ2n) is 8.09. The van der Waals surface area contributed by atoms with Crippen LogP contribution in [0.15, 0.2) is 0 Å². The molecule has 0 bridgehead atoms. The van der Waals surface area contributed by atoms with E-state index < -0.39 is 0 Å². The second kappa shape index (κ2) is 19.3. The lowest BCUT2D eigenvalue weighted by molar-refractivity contribution is -0.137. The van der Waals surface area contributed by atoms with Crippen LogP contribution in [0.2, 0.25) is 0 Å². The summed E-state index contributed by atoms with van der Waals surface area (Å²) in [7, 11) is 0. The molecule has 0 aromatic heterocycles. The first-order chi connectivity index (χ1) is 13.6. The average Bonchev–Trinajstić information content (AvgIpc) is 2.70. The highest BCUT2D eigenvalue weighted by Crippen LogP contribution is 2.10. The summed E-state index contributed by atoms with van der Waals surface area (Å²) in [6.07, 6.45) is 14.4. The molecule has 4 nitrogen and oxygen atoms in total. The van der Waals surface area contributed by atoms with E-state index in [2.05, 4.69) is 27.7 Å². The first-order valence-electron chi connectivity index (χ1n) is 12.2. The molecule has 166 valence electrons. The van der Waals surface area contributed by atoms with Crippen molar-refractivity contribution in [1.29, 1.82) is 0 Å². The number of unbranched alkanes of at least 4 members (excludes halogenated alkanes) is 8. The average molecular weight is 397 g/mol. The number of nitrogens with zero attached hydrogens (tertiary/aromatic N) is 2. The second-order valence-corrected chi connectivity index (χ2v) is 8.09. The molecule has 0 saturated heterocycles. The van der Waals surface area contributed by atoms with Gasteiger partial charge in [0.05, 0.1) is 0 Å². The van der Waals surface area contributed by atoms with Gasteiger partial charge in [0.1, 0.15) is 0 Å². The molecule has 0 aliphatic heterocycles. The van der Waals surface area contributed by atoms with Gasteiger partial charge in [-0.05, 0) is 25.7 Å². The van der Waals surface area contributed by atoms with Crippen LogP contribution >= 0.6 is 0 Å². The van der Waals surface area contributed by atoms with Crippen molar-refractivity contribution in [3.63, 3.8) is 0 Å². The number of amides is 2. The Bertz CT molecular complexity index is 329. The third kappa shape index (κ3) is 14.0. The molecule has 0 radical (unpaired) electrons. The molecule has 0 heterocycles. The summed E-state index contributed by atoms with van der Waals surface area (Å²) in [4.78, 5) is 29.5. The number of carbonyl (C=O) groups excluding carboxylic acids is 2. The lowest BCUT2D eigenvalue weighted by Crippen LogP contribution is -2.36. The van der Waals surface area contributed by atoms with Crippen molar-refractivity contribution in [2.45, 2.75) is 118 Å². The number of hydrogen-bond donors (Lipinski definition) is 0. The monoisotopic (exact) mass is 396 g/mol. The number of rotatable bonds is 19. The lowest BCUT2D eigenvalue weighted by atomic mass is 10.1. The first-order valence-corrected chi connectivity index (χ1v) is 12.2. The van der Waals surface area contributed by atoms with Crippen molar-refractivity contribution in [2.75, 3.05) is 26.2 Å². The van der Waals surface area contributed by atoms with Crippen molar-refractivity contribution in [3.05, 3.63) is 0 Å². The van der Waals surface area contributed by atoms with Gasteiger partial charge in [0.2, 0.25) is 11.8 Å². The summed E-state index contributed by atoms with van der Waals surface area (Å²) in [5.41, 5.74) is 0. The molecule has 0 unspecified atom stereocenters. The zero-order valence-corrected chi connectivity index (χ0v) is 19.4. The molecule has 0 aromatic carbocycles. The highest BCUT2D eigenvalue weighted by atomic mass is 16.2. The van der Waals surface area contributed by atoms with E-state index in [1.165, 1.54) is 51.4 Å². The maximum absolute atomic E-state index is 12.7. The molecule has 4 heteroatoms. The third-order valence-corrected chi connectivity index (χ3v) is 5.38. The molecule has 0 saturated carbocycles. The lowest BCUT2D eigenvalue weighted by Gasteiger charge is -2.25. The van der Waals surface area contributed by atoms with Crippen LogP contribution in [0, 0.1) is 0 Å². The number of hydrogen-bond acceptors (Lipinski definition) is 2. The summed E-state index contributed by atoms with van der Waals surface area (Å²) in [5.74, 6) is 0.338. The normalized spacial score (nSPS) is 10.9. The summed E-state index contributed by atoms with van der Waals surface area (Å²) < 4.78 is 0. The van der Waals surface area contributed by atoms with Gasteiger partial charge < -0.3 is 9.80 Å². The Morgan fingerprint density at radius 2 is 0.714 bits per heavy atom. The van der Waals surface area contributed by atoms with Crippen LogP contribution in [0.1, 0.15) is 118 Å². The Balaban J connectivity index is 4.55. The van der Waals surface area contributed by atoms with E-state index in [9.17, 15) is 9.59 Å². The molecular weight excluding hydrogens is 348 g/mol. The number of carbonyl (C=O) groups is 2. The van der Waals surface area contributed by atoms with Gasteiger partial charge in [-0.25, -0.2) is 0 Å². The van der Waals surface area contributed by atoms with Crippen LogP contribution in [0.25, 0.3) is 0 Å². The third-order valence-electron chi connectivity index (χ3n) is 5.38. The summed E-state index contributed by atoms with van der Waals surface area (Å²) >= 11 is 0. The van der Waals surface area contributed by atoms with E-state index in [4.69, 9.17) is 0 Å². The van der Waals surface area contributed by atoms with Gasteiger partial charge in [0.25, 0.3) is 0 Å². The van der Waals surface area contributed by atoms with Gasteiger partial charge in [-0.3, -0.25) is 9.59 Å². The quantitative estimate of drug-likeness (QED) is 0.244. The fourth-order valence-corrected chi connectivity index (χ4v) is 3.46. The Morgan fingerprint density at radius 3 is 0.929 bits per heavy atom. The van der Waals surface area contributed by atoms with E-state index in [1.54, 1.807) is 0 Å². The highest BCUT2D eigenvalue weighted by Gasteiger charge is 2.18.